The zero-order valence-corrected chi connectivity index (χ0v) is 29.5. The summed E-state index contributed by atoms with van der Waals surface area (Å²) in [6, 6.07) is 13.5. The van der Waals surface area contributed by atoms with Crippen LogP contribution in [0.3, 0.4) is 0 Å². The number of ether oxygens (including phenoxy) is 1. The highest BCUT2D eigenvalue weighted by Gasteiger charge is 2.38. The van der Waals surface area contributed by atoms with Gasteiger partial charge in [-0.1, -0.05) is 79.3 Å². The van der Waals surface area contributed by atoms with Gasteiger partial charge in [0.2, 0.25) is 5.91 Å². The summed E-state index contributed by atoms with van der Waals surface area (Å²) in [6.45, 7) is 6.64. The maximum atomic E-state index is 13.3. The quantitative estimate of drug-likeness (QED) is 0.0918. The third kappa shape index (κ3) is 13.9. The van der Waals surface area contributed by atoms with E-state index in [0.717, 1.165) is 44.9 Å². The van der Waals surface area contributed by atoms with E-state index >= 15 is 0 Å². The number of carbonyl (C=O) groups excluding carboxylic acids is 3. The van der Waals surface area contributed by atoms with E-state index in [-0.39, 0.29) is 23.6 Å². The Kier molecular flexibility index (Phi) is 16.7. The van der Waals surface area contributed by atoms with E-state index in [1.54, 1.807) is 67.3 Å². The smallest absolute Gasteiger partial charge is 0.266 e. The molecule has 48 heavy (non-hydrogen) atoms. The summed E-state index contributed by atoms with van der Waals surface area (Å²) in [5, 5.41) is 3.66. The fourth-order valence-corrected chi connectivity index (χ4v) is 5.40. The summed E-state index contributed by atoms with van der Waals surface area (Å²) < 4.78 is 6.07. The second-order valence-electron chi connectivity index (χ2n) is 12.4. The van der Waals surface area contributed by atoms with Crippen molar-refractivity contribution in [3.05, 3.63) is 125 Å². The molecule has 1 aliphatic heterocycles. The molecule has 0 saturated carbocycles. The van der Waals surface area contributed by atoms with Gasteiger partial charge in [-0.25, -0.2) is 0 Å². The van der Waals surface area contributed by atoms with Crippen LogP contribution in [0.1, 0.15) is 94.5 Å². The van der Waals surface area contributed by atoms with Gasteiger partial charge in [0.25, 0.3) is 5.91 Å². The molecule has 0 radical (unpaired) electrons. The maximum absolute atomic E-state index is 13.3. The summed E-state index contributed by atoms with van der Waals surface area (Å²) in [6.07, 6.45) is 29.5. The zero-order valence-electron chi connectivity index (χ0n) is 28.7. The lowest BCUT2D eigenvalue weighted by molar-refractivity contribution is -0.144. The molecule has 1 heterocycles. The number of nitrogens with zero attached hydrogens (tertiary/aromatic N) is 1. The highest BCUT2D eigenvalue weighted by Crippen LogP contribution is 2.24. The number of nitrogens with one attached hydrogen (secondary N) is 1. The Bertz CT molecular complexity index is 1450. The number of unbranched alkanes of at least 4 members (excludes halogenated alkanes) is 1. The number of carbonyl (C=O) groups is 3. The van der Waals surface area contributed by atoms with E-state index in [9.17, 15) is 14.4 Å². The van der Waals surface area contributed by atoms with Gasteiger partial charge in [0.1, 0.15) is 5.75 Å². The van der Waals surface area contributed by atoms with Gasteiger partial charge < -0.3 is 15.0 Å². The van der Waals surface area contributed by atoms with Crippen LogP contribution in [0.2, 0.25) is 5.02 Å². The molecule has 1 N–H and O–H groups in total. The SMILES string of the molecule is CCC=CCC=CCC=CCC=CCC=CCCCC(=O)N[C@@H]1CCN(C(=O)C(C)(C)Oc2ccc(C(=O)c3ccc(Cl)cc3)cc2)C1. The Labute approximate surface area is 292 Å². The summed E-state index contributed by atoms with van der Waals surface area (Å²) in [5.74, 6) is 0.259. The third-order valence-corrected chi connectivity index (χ3v) is 8.14. The molecule has 7 heteroatoms. The first-order chi connectivity index (χ1) is 23.2. The number of ketones is 1. The lowest BCUT2D eigenvalue weighted by atomic mass is 10.0. The highest BCUT2D eigenvalue weighted by atomic mass is 35.5. The largest absolute Gasteiger partial charge is 0.478 e. The summed E-state index contributed by atoms with van der Waals surface area (Å²) >= 11 is 5.93. The lowest BCUT2D eigenvalue weighted by Crippen LogP contribution is -2.49. The molecule has 1 saturated heterocycles. The molecule has 1 atom stereocenters. The molecule has 2 aromatic carbocycles. The van der Waals surface area contributed by atoms with Gasteiger partial charge in [-0.05, 0) is 114 Å². The van der Waals surface area contributed by atoms with Crippen molar-refractivity contribution < 1.29 is 19.1 Å². The average Bonchev–Trinajstić information content (AvgIpc) is 3.54. The summed E-state index contributed by atoms with van der Waals surface area (Å²) in [4.78, 5) is 40.4. The summed E-state index contributed by atoms with van der Waals surface area (Å²) in [7, 11) is 0. The molecule has 0 unspecified atom stereocenters. The number of benzene rings is 2. The molecule has 0 spiro atoms. The van der Waals surface area contributed by atoms with E-state index in [1.807, 2.05) is 0 Å². The van der Waals surface area contributed by atoms with Gasteiger partial charge in [0.15, 0.2) is 11.4 Å². The van der Waals surface area contributed by atoms with Crippen LogP contribution in [0.15, 0.2) is 109 Å². The average molecular weight is 671 g/mol. The first-order valence-corrected chi connectivity index (χ1v) is 17.5. The minimum Gasteiger partial charge on any atom is -0.478 e. The molecule has 256 valence electrons. The van der Waals surface area contributed by atoms with Gasteiger partial charge in [-0.2, -0.15) is 0 Å². The number of hydrogen-bond acceptors (Lipinski definition) is 4. The van der Waals surface area contributed by atoms with Crippen molar-refractivity contribution in [3.63, 3.8) is 0 Å². The summed E-state index contributed by atoms with van der Waals surface area (Å²) in [5.41, 5.74) is -0.0451. The molecule has 1 fully saturated rings. The van der Waals surface area contributed by atoms with E-state index < -0.39 is 5.60 Å². The second kappa shape index (κ2) is 20.9. The Morgan fingerprint density at radius 2 is 1.33 bits per heavy atom. The van der Waals surface area contributed by atoms with Crippen molar-refractivity contribution in [2.45, 2.75) is 90.2 Å². The number of allylic oxidation sites excluding steroid dienone is 10. The van der Waals surface area contributed by atoms with Crippen LogP contribution in [0.4, 0.5) is 0 Å². The molecule has 2 amide bonds. The Morgan fingerprint density at radius 1 is 0.812 bits per heavy atom. The van der Waals surface area contributed by atoms with Crippen LogP contribution in [-0.4, -0.2) is 47.2 Å². The van der Waals surface area contributed by atoms with Gasteiger partial charge in [-0.15, -0.1) is 0 Å². The second-order valence-corrected chi connectivity index (χ2v) is 12.8. The van der Waals surface area contributed by atoms with Crippen LogP contribution in [0.25, 0.3) is 0 Å². The third-order valence-electron chi connectivity index (χ3n) is 7.88. The minimum absolute atomic E-state index is 0.0189. The Morgan fingerprint density at radius 3 is 1.90 bits per heavy atom. The van der Waals surface area contributed by atoms with Crippen molar-refractivity contribution in [3.8, 4) is 5.75 Å². The molecular formula is C41H51ClN2O4. The molecule has 0 aliphatic carbocycles. The number of rotatable bonds is 19. The minimum atomic E-state index is -1.11. The van der Waals surface area contributed by atoms with Gasteiger partial charge in [0, 0.05) is 41.7 Å². The van der Waals surface area contributed by atoms with Crippen molar-refractivity contribution in [1.29, 1.82) is 0 Å². The van der Waals surface area contributed by atoms with Crippen LogP contribution in [-0.2, 0) is 9.59 Å². The Hall–Kier alpha value is -4.16. The first kappa shape index (κ1) is 38.3. The predicted molar refractivity (Wildman–Crippen MR) is 197 cm³/mol. The van der Waals surface area contributed by atoms with Gasteiger partial charge in [-0.3, -0.25) is 14.4 Å². The molecule has 6 nitrogen and oxygen atoms in total. The van der Waals surface area contributed by atoms with Crippen molar-refractivity contribution in [1.82, 2.24) is 10.2 Å². The number of hydrogen-bond donors (Lipinski definition) is 1. The fourth-order valence-electron chi connectivity index (χ4n) is 5.27. The molecule has 2 aromatic rings. The Balaban J connectivity index is 1.29. The lowest BCUT2D eigenvalue weighted by Gasteiger charge is -2.30. The van der Waals surface area contributed by atoms with Crippen LogP contribution in [0.5, 0.6) is 5.75 Å². The van der Waals surface area contributed by atoms with Crippen LogP contribution >= 0.6 is 11.6 Å². The normalized spacial score (nSPS) is 15.5. The van der Waals surface area contributed by atoms with E-state index in [0.29, 0.717) is 47.8 Å². The number of amides is 2. The molecule has 0 bridgehead atoms. The van der Waals surface area contributed by atoms with E-state index in [2.05, 4.69) is 73.0 Å². The van der Waals surface area contributed by atoms with E-state index in [1.165, 1.54) is 0 Å². The molecule has 3 rings (SSSR count). The maximum Gasteiger partial charge on any atom is 0.266 e. The van der Waals surface area contributed by atoms with Crippen LogP contribution in [0, 0.1) is 0 Å². The zero-order chi connectivity index (χ0) is 34.6. The van der Waals surface area contributed by atoms with Crippen molar-refractivity contribution in [2.24, 2.45) is 0 Å². The van der Waals surface area contributed by atoms with Gasteiger partial charge >= 0.3 is 0 Å². The standard InChI is InChI=1S/C41H51ClN2O4/c1-4-5-6-7-8-9-10-11-12-13-14-15-16-17-18-19-20-21-38(45)43-36-30-31-44(32-36)40(47)41(2,3)48-37-28-24-34(25-29-37)39(46)33-22-26-35(42)27-23-33/h5-6,8-9,11-12,14-15,17-18,22-29,36H,4,7,10,13,16,19-21,30-32H2,1-3H3,(H,43,45)/t36-/m1/s1. The molecule has 1 aliphatic rings. The first-order valence-electron chi connectivity index (χ1n) is 17.1. The molecular weight excluding hydrogens is 620 g/mol. The fraction of sp³-hybridized carbons (Fsp3) is 0.390. The van der Waals surface area contributed by atoms with Crippen molar-refractivity contribution in [2.75, 3.05) is 13.1 Å². The monoisotopic (exact) mass is 670 g/mol. The number of halogens is 1. The molecule has 0 aromatic heterocycles. The highest BCUT2D eigenvalue weighted by molar-refractivity contribution is 6.30. The topological polar surface area (TPSA) is 75.7 Å². The van der Waals surface area contributed by atoms with E-state index in [4.69, 9.17) is 16.3 Å². The van der Waals surface area contributed by atoms with Crippen LogP contribution < -0.4 is 10.1 Å². The predicted octanol–water partition coefficient (Wildman–Crippen LogP) is 9.37. The van der Waals surface area contributed by atoms with Gasteiger partial charge in [0.05, 0.1) is 0 Å². The van der Waals surface area contributed by atoms with Crippen molar-refractivity contribution >= 4 is 29.2 Å². The number of likely N-dealkylation sites (tertiary alicyclic amines) is 1.